The van der Waals surface area contributed by atoms with Gasteiger partial charge in [-0.15, -0.1) is 0 Å². The molecule has 0 saturated heterocycles. The quantitative estimate of drug-likeness (QED) is 0.729. The van der Waals surface area contributed by atoms with Gasteiger partial charge in [-0.25, -0.2) is 4.79 Å². The van der Waals surface area contributed by atoms with E-state index in [4.69, 9.17) is 4.74 Å². The SMILES string of the molecule is CCOC(=O)C(C)(O)C1CCC(CC)C1. The molecule has 3 nitrogen and oxygen atoms in total. The first-order valence-corrected chi connectivity index (χ1v) is 5.91. The summed E-state index contributed by atoms with van der Waals surface area (Å²) in [5.41, 5.74) is -1.29. The van der Waals surface area contributed by atoms with Crippen molar-refractivity contribution in [3.8, 4) is 0 Å². The van der Waals surface area contributed by atoms with Gasteiger partial charge in [0.05, 0.1) is 6.61 Å². The van der Waals surface area contributed by atoms with Crippen molar-refractivity contribution in [3.05, 3.63) is 0 Å². The number of aliphatic hydroxyl groups is 1. The Morgan fingerprint density at radius 3 is 2.60 bits per heavy atom. The van der Waals surface area contributed by atoms with Crippen molar-refractivity contribution >= 4 is 5.97 Å². The summed E-state index contributed by atoms with van der Waals surface area (Å²) in [6, 6.07) is 0. The number of hydrogen-bond acceptors (Lipinski definition) is 3. The van der Waals surface area contributed by atoms with Gasteiger partial charge < -0.3 is 9.84 Å². The molecule has 0 amide bonds. The average molecular weight is 214 g/mol. The molecule has 3 atom stereocenters. The van der Waals surface area contributed by atoms with Crippen molar-refractivity contribution < 1.29 is 14.6 Å². The molecule has 1 fully saturated rings. The molecule has 88 valence electrons. The monoisotopic (exact) mass is 214 g/mol. The molecule has 0 aromatic rings. The van der Waals surface area contributed by atoms with Crippen molar-refractivity contribution in [1.82, 2.24) is 0 Å². The molecule has 3 heteroatoms. The maximum Gasteiger partial charge on any atom is 0.338 e. The van der Waals surface area contributed by atoms with Crippen molar-refractivity contribution in [1.29, 1.82) is 0 Å². The maximum atomic E-state index is 11.6. The molecule has 3 unspecified atom stereocenters. The van der Waals surface area contributed by atoms with E-state index >= 15 is 0 Å². The summed E-state index contributed by atoms with van der Waals surface area (Å²) in [7, 11) is 0. The first-order valence-electron chi connectivity index (χ1n) is 5.91. The minimum atomic E-state index is -1.29. The first-order chi connectivity index (χ1) is 7.02. The van der Waals surface area contributed by atoms with Crippen LogP contribution in [0.25, 0.3) is 0 Å². The topological polar surface area (TPSA) is 46.5 Å². The third-order valence-corrected chi connectivity index (χ3v) is 3.60. The number of carbonyl (C=O) groups excluding carboxylic acids is 1. The molecule has 1 saturated carbocycles. The summed E-state index contributed by atoms with van der Waals surface area (Å²) in [6.07, 6.45) is 4.14. The Morgan fingerprint density at radius 2 is 2.13 bits per heavy atom. The summed E-state index contributed by atoms with van der Waals surface area (Å²) in [4.78, 5) is 11.6. The predicted octanol–water partition coefficient (Wildman–Crippen LogP) is 2.13. The van der Waals surface area contributed by atoms with Crippen LogP contribution >= 0.6 is 0 Å². The fourth-order valence-corrected chi connectivity index (χ4v) is 2.40. The highest BCUT2D eigenvalue weighted by atomic mass is 16.5. The van der Waals surface area contributed by atoms with Crippen molar-refractivity contribution in [3.63, 3.8) is 0 Å². The standard InChI is InChI=1S/C12H22O3/c1-4-9-6-7-10(8-9)12(3,14)11(13)15-5-2/h9-10,14H,4-8H2,1-3H3. The number of hydrogen-bond donors (Lipinski definition) is 1. The van der Waals surface area contributed by atoms with E-state index in [0.717, 1.165) is 25.7 Å². The third kappa shape index (κ3) is 2.71. The Morgan fingerprint density at radius 1 is 1.47 bits per heavy atom. The largest absolute Gasteiger partial charge is 0.464 e. The smallest absolute Gasteiger partial charge is 0.338 e. The molecule has 1 aliphatic rings. The Balaban J connectivity index is 2.58. The molecule has 1 N–H and O–H groups in total. The average Bonchev–Trinajstić information content (AvgIpc) is 2.66. The van der Waals surface area contributed by atoms with E-state index in [9.17, 15) is 9.90 Å². The molecule has 1 aliphatic carbocycles. The van der Waals surface area contributed by atoms with Crippen LogP contribution in [0.1, 0.15) is 46.5 Å². The molecule has 1 rings (SSSR count). The van der Waals surface area contributed by atoms with E-state index in [1.54, 1.807) is 13.8 Å². The van der Waals surface area contributed by atoms with Crippen LogP contribution in [0.4, 0.5) is 0 Å². The second-order valence-corrected chi connectivity index (χ2v) is 4.65. The molecule has 0 heterocycles. The summed E-state index contributed by atoms with van der Waals surface area (Å²) in [5, 5.41) is 10.2. The lowest BCUT2D eigenvalue weighted by Gasteiger charge is -2.27. The number of rotatable bonds is 4. The summed E-state index contributed by atoms with van der Waals surface area (Å²) < 4.78 is 4.90. The minimum Gasteiger partial charge on any atom is -0.464 e. The van der Waals surface area contributed by atoms with E-state index < -0.39 is 11.6 Å². The Hall–Kier alpha value is -0.570. The van der Waals surface area contributed by atoms with Gasteiger partial charge in [-0.1, -0.05) is 19.8 Å². The van der Waals surface area contributed by atoms with E-state index in [1.807, 2.05) is 0 Å². The van der Waals surface area contributed by atoms with Gasteiger partial charge in [0.25, 0.3) is 0 Å². The van der Waals surface area contributed by atoms with Crippen LogP contribution in [0.3, 0.4) is 0 Å². The van der Waals surface area contributed by atoms with E-state index in [1.165, 1.54) is 0 Å². The molecule has 0 aromatic heterocycles. The summed E-state index contributed by atoms with van der Waals surface area (Å²) in [5.74, 6) is 0.268. The number of esters is 1. The van der Waals surface area contributed by atoms with Gasteiger partial charge >= 0.3 is 5.97 Å². The first kappa shape index (κ1) is 12.5. The molecule has 0 spiro atoms. The van der Waals surface area contributed by atoms with Crippen LogP contribution in [0.5, 0.6) is 0 Å². The van der Waals surface area contributed by atoms with Crippen LogP contribution in [0, 0.1) is 11.8 Å². The lowest BCUT2D eigenvalue weighted by atomic mass is 9.87. The Kier molecular flexibility index (Phi) is 4.14. The highest BCUT2D eigenvalue weighted by molar-refractivity contribution is 5.79. The highest BCUT2D eigenvalue weighted by Crippen LogP contribution is 2.39. The van der Waals surface area contributed by atoms with E-state index in [2.05, 4.69) is 6.92 Å². The fourth-order valence-electron chi connectivity index (χ4n) is 2.40. The predicted molar refractivity (Wildman–Crippen MR) is 58.4 cm³/mol. The molecule has 0 bridgehead atoms. The second kappa shape index (κ2) is 4.97. The van der Waals surface area contributed by atoms with Crippen LogP contribution in [-0.2, 0) is 9.53 Å². The van der Waals surface area contributed by atoms with Gasteiger partial charge in [0.1, 0.15) is 0 Å². The van der Waals surface area contributed by atoms with Crippen LogP contribution < -0.4 is 0 Å². The van der Waals surface area contributed by atoms with E-state index in [0.29, 0.717) is 12.5 Å². The zero-order valence-electron chi connectivity index (χ0n) is 9.95. The van der Waals surface area contributed by atoms with Gasteiger partial charge in [-0.05, 0) is 38.5 Å². The maximum absolute atomic E-state index is 11.6. The second-order valence-electron chi connectivity index (χ2n) is 4.65. The van der Waals surface area contributed by atoms with Crippen molar-refractivity contribution in [2.24, 2.45) is 11.8 Å². The Labute approximate surface area is 91.8 Å². The van der Waals surface area contributed by atoms with Crippen LogP contribution in [-0.4, -0.2) is 23.3 Å². The van der Waals surface area contributed by atoms with Gasteiger partial charge in [-0.2, -0.15) is 0 Å². The minimum absolute atomic E-state index is 0.0708. The lowest BCUT2D eigenvalue weighted by Crippen LogP contribution is -2.43. The van der Waals surface area contributed by atoms with Gasteiger partial charge in [0.2, 0.25) is 0 Å². The van der Waals surface area contributed by atoms with Crippen molar-refractivity contribution in [2.75, 3.05) is 6.61 Å². The normalized spacial score (nSPS) is 29.9. The molecule has 0 radical (unpaired) electrons. The number of ether oxygens (including phenoxy) is 1. The highest BCUT2D eigenvalue weighted by Gasteiger charge is 2.43. The van der Waals surface area contributed by atoms with Crippen molar-refractivity contribution in [2.45, 2.75) is 52.1 Å². The lowest BCUT2D eigenvalue weighted by molar-refractivity contribution is -0.168. The van der Waals surface area contributed by atoms with Crippen LogP contribution in [0.15, 0.2) is 0 Å². The van der Waals surface area contributed by atoms with E-state index in [-0.39, 0.29) is 5.92 Å². The molecule has 0 aromatic carbocycles. The number of carbonyl (C=O) groups is 1. The fraction of sp³-hybridized carbons (Fsp3) is 0.917. The summed E-state index contributed by atoms with van der Waals surface area (Å²) in [6.45, 7) is 5.84. The van der Waals surface area contributed by atoms with Crippen LogP contribution in [0.2, 0.25) is 0 Å². The summed E-state index contributed by atoms with van der Waals surface area (Å²) >= 11 is 0. The molecular formula is C12H22O3. The van der Waals surface area contributed by atoms with Gasteiger partial charge in [0, 0.05) is 0 Å². The molecule has 0 aliphatic heterocycles. The molecule has 15 heavy (non-hydrogen) atoms. The zero-order valence-corrected chi connectivity index (χ0v) is 9.95. The zero-order chi connectivity index (χ0) is 11.5. The van der Waals surface area contributed by atoms with Gasteiger partial charge in [-0.3, -0.25) is 0 Å². The van der Waals surface area contributed by atoms with Gasteiger partial charge in [0.15, 0.2) is 5.60 Å². The third-order valence-electron chi connectivity index (χ3n) is 3.60. The Bertz CT molecular complexity index is 223. The molecular weight excluding hydrogens is 192 g/mol.